The molecule has 0 spiro atoms. The fourth-order valence-electron chi connectivity index (χ4n) is 5.74. The van der Waals surface area contributed by atoms with Crippen LogP contribution in [0, 0.1) is 23.7 Å². The number of carbonyl (C=O) groups is 1. The summed E-state index contributed by atoms with van der Waals surface area (Å²) in [5.41, 5.74) is 2.71. The molecule has 0 radical (unpaired) electrons. The first-order chi connectivity index (χ1) is 14.0. The average Bonchev–Trinajstić information content (AvgIpc) is 2.69. The Morgan fingerprint density at radius 2 is 1.86 bits per heavy atom. The summed E-state index contributed by atoms with van der Waals surface area (Å²) in [5.74, 6) is 3.02. The van der Waals surface area contributed by atoms with Crippen LogP contribution in [0.3, 0.4) is 0 Å². The van der Waals surface area contributed by atoms with Crippen LogP contribution in [0.4, 0.5) is 4.79 Å². The summed E-state index contributed by atoms with van der Waals surface area (Å²) in [6.07, 6.45) is 9.01. The maximum absolute atomic E-state index is 12.1. The highest BCUT2D eigenvalue weighted by molar-refractivity contribution is 5.70. The van der Waals surface area contributed by atoms with Gasteiger partial charge in [0, 0.05) is 12.0 Å². The zero-order valence-corrected chi connectivity index (χ0v) is 18.0. The molecule has 4 heteroatoms. The number of fused-ring (bicyclic) bond motifs is 2. The van der Waals surface area contributed by atoms with Crippen LogP contribution in [0.25, 0.3) is 0 Å². The van der Waals surface area contributed by atoms with Crippen molar-refractivity contribution in [1.29, 1.82) is 0 Å². The molecule has 5 atom stereocenters. The number of benzene rings is 1. The second kappa shape index (κ2) is 8.91. The largest absolute Gasteiger partial charge is 0.412 e. The molecule has 158 valence electrons. The molecular weight excluding hydrogens is 362 g/mol. The number of hydrogen-bond donors (Lipinski definition) is 1. The van der Waals surface area contributed by atoms with Gasteiger partial charge in [-0.1, -0.05) is 56.9 Å². The molecule has 29 heavy (non-hydrogen) atoms. The molecule has 4 nitrogen and oxygen atoms in total. The molecule has 3 aliphatic rings. The third kappa shape index (κ3) is 4.69. The Hall–Kier alpha value is -1.81. The van der Waals surface area contributed by atoms with Crippen LogP contribution in [0.5, 0.6) is 5.75 Å². The molecule has 2 bridgehead atoms. The number of ether oxygens (including phenoxy) is 2. The van der Waals surface area contributed by atoms with E-state index in [1.54, 1.807) is 0 Å². The van der Waals surface area contributed by atoms with E-state index in [9.17, 15) is 4.79 Å². The Morgan fingerprint density at radius 1 is 1.14 bits per heavy atom. The summed E-state index contributed by atoms with van der Waals surface area (Å²) < 4.78 is 11.8. The summed E-state index contributed by atoms with van der Waals surface area (Å²) in [5, 5.41) is 3.00. The lowest BCUT2D eigenvalue weighted by molar-refractivity contribution is -0.0901. The summed E-state index contributed by atoms with van der Waals surface area (Å²) in [6.45, 7) is 7.82. The molecule has 0 unspecified atom stereocenters. The molecule has 1 saturated carbocycles. The van der Waals surface area contributed by atoms with Gasteiger partial charge in [-0.25, -0.2) is 4.79 Å². The number of nitrogens with one attached hydrogen (secondary N) is 1. The Kier molecular flexibility index (Phi) is 6.29. The van der Waals surface area contributed by atoms with E-state index in [1.165, 1.54) is 30.4 Å². The molecular formula is C25H35NO3. The van der Waals surface area contributed by atoms with E-state index in [-0.39, 0.29) is 18.2 Å². The van der Waals surface area contributed by atoms with Crippen molar-refractivity contribution >= 4 is 6.09 Å². The van der Waals surface area contributed by atoms with Gasteiger partial charge in [-0.05, 0) is 61.6 Å². The maximum atomic E-state index is 12.1. The SMILES string of the molecule is CC1=C[C@H](C)[C@H]2CO[C@H](Cc3ccc(OC(=O)NC4CCCCC4)cc3)[C@@H]1[C@H]2C. The smallest absolute Gasteiger partial charge is 0.410 e. The quantitative estimate of drug-likeness (QED) is 0.681. The van der Waals surface area contributed by atoms with Gasteiger partial charge in [0.1, 0.15) is 5.75 Å². The molecule has 1 amide bonds. The molecule has 1 aromatic rings. The molecule has 1 aromatic carbocycles. The molecule has 1 N–H and O–H groups in total. The molecule has 0 aromatic heterocycles. The topological polar surface area (TPSA) is 47.6 Å². The Labute approximate surface area is 175 Å². The average molecular weight is 398 g/mol. The van der Waals surface area contributed by atoms with Crippen molar-refractivity contribution in [3.05, 3.63) is 41.5 Å². The fourth-order valence-corrected chi connectivity index (χ4v) is 5.74. The molecule has 1 saturated heterocycles. The van der Waals surface area contributed by atoms with Gasteiger partial charge in [0.05, 0.1) is 12.7 Å². The van der Waals surface area contributed by atoms with Crippen LogP contribution in [0.15, 0.2) is 35.9 Å². The standard InChI is InChI=1S/C25H35NO3/c1-16-13-17(2)24-18(3)22(16)15-28-23(24)14-19-9-11-21(12-10-19)29-25(27)26-20-7-5-4-6-8-20/h9-13,16,18,20,22-24H,4-8,14-15H2,1-3H3,(H,26,27)/t16-,18-,22+,23+,24-/m0/s1. The summed E-state index contributed by atoms with van der Waals surface area (Å²) >= 11 is 0. The predicted octanol–water partition coefficient (Wildman–Crippen LogP) is 5.51. The number of hydrogen-bond acceptors (Lipinski definition) is 3. The first kappa shape index (κ1) is 20.5. The minimum absolute atomic E-state index is 0.228. The van der Waals surface area contributed by atoms with Gasteiger partial charge >= 0.3 is 6.09 Å². The lowest BCUT2D eigenvalue weighted by Gasteiger charge is -2.47. The summed E-state index contributed by atoms with van der Waals surface area (Å²) in [6, 6.07) is 8.19. The van der Waals surface area contributed by atoms with E-state index in [2.05, 4.69) is 44.3 Å². The third-order valence-electron chi connectivity index (χ3n) is 7.37. The molecule has 1 heterocycles. The zero-order valence-electron chi connectivity index (χ0n) is 18.0. The van der Waals surface area contributed by atoms with Crippen LogP contribution < -0.4 is 10.1 Å². The minimum Gasteiger partial charge on any atom is -0.410 e. The highest BCUT2D eigenvalue weighted by Gasteiger charge is 2.43. The lowest BCUT2D eigenvalue weighted by atomic mass is 9.65. The van der Waals surface area contributed by atoms with Crippen LogP contribution in [0.2, 0.25) is 0 Å². The fraction of sp³-hybridized carbons (Fsp3) is 0.640. The van der Waals surface area contributed by atoms with Crippen molar-refractivity contribution in [3.63, 3.8) is 0 Å². The van der Waals surface area contributed by atoms with Crippen molar-refractivity contribution in [2.75, 3.05) is 6.61 Å². The van der Waals surface area contributed by atoms with E-state index in [1.807, 2.05) is 12.1 Å². The highest BCUT2D eigenvalue weighted by atomic mass is 16.6. The predicted molar refractivity (Wildman–Crippen MR) is 115 cm³/mol. The normalized spacial score (nSPS) is 32.4. The molecule has 2 aliphatic carbocycles. The number of rotatable bonds is 4. The monoisotopic (exact) mass is 397 g/mol. The first-order valence-electron chi connectivity index (χ1n) is 11.4. The minimum atomic E-state index is -0.336. The van der Waals surface area contributed by atoms with Gasteiger partial charge in [-0.3, -0.25) is 0 Å². The van der Waals surface area contributed by atoms with Crippen molar-refractivity contribution in [3.8, 4) is 5.75 Å². The maximum Gasteiger partial charge on any atom is 0.412 e. The van der Waals surface area contributed by atoms with Gasteiger partial charge in [-0.15, -0.1) is 0 Å². The van der Waals surface area contributed by atoms with Gasteiger partial charge in [0.2, 0.25) is 0 Å². The van der Waals surface area contributed by atoms with Crippen LogP contribution in [-0.4, -0.2) is 24.8 Å². The summed E-state index contributed by atoms with van der Waals surface area (Å²) in [4.78, 5) is 12.1. The Morgan fingerprint density at radius 3 is 2.59 bits per heavy atom. The van der Waals surface area contributed by atoms with Crippen LogP contribution in [-0.2, 0) is 11.2 Å². The Bertz CT molecular complexity index is 735. The second-order valence-electron chi connectivity index (χ2n) is 9.41. The molecule has 4 rings (SSSR count). The van der Waals surface area contributed by atoms with E-state index in [4.69, 9.17) is 9.47 Å². The molecule has 2 fully saturated rings. The van der Waals surface area contributed by atoms with Gasteiger partial charge in [0.15, 0.2) is 0 Å². The van der Waals surface area contributed by atoms with E-state index < -0.39 is 0 Å². The van der Waals surface area contributed by atoms with Crippen molar-refractivity contribution in [2.45, 2.75) is 71.4 Å². The van der Waals surface area contributed by atoms with Gasteiger partial charge < -0.3 is 14.8 Å². The van der Waals surface area contributed by atoms with E-state index in [0.717, 1.165) is 25.9 Å². The van der Waals surface area contributed by atoms with Crippen molar-refractivity contribution in [2.24, 2.45) is 23.7 Å². The van der Waals surface area contributed by atoms with Crippen LogP contribution >= 0.6 is 0 Å². The third-order valence-corrected chi connectivity index (χ3v) is 7.37. The van der Waals surface area contributed by atoms with Gasteiger partial charge in [0.25, 0.3) is 0 Å². The zero-order chi connectivity index (χ0) is 20.4. The second-order valence-corrected chi connectivity index (χ2v) is 9.41. The molecule has 1 aliphatic heterocycles. The van der Waals surface area contributed by atoms with Crippen molar-refractivity contribution in [1.82, 2.24) is 5.32 Å². The van der Waals surface area contributed by atoms with Gasteiger partial charge in [-0.2, -0.15) is 0 Å². The van der Waals surface area contributed by atoms with E-state index in [0.29, 0.717) is 29.4 Å². The van der Waals surface area contributed by atoms with Crippen LogP contribution in [0.1, 0.15) is 58.4 Å². The number of carbonyl (C=O) groups excluding carboxylic acids is 1. The highest BCUT2D eigenvalue weighted by Crippen LogP contribution is 2.45. The Balaban J connectivity index is 1.33. The first-order valence-corrected chi connectivity index (χ1v) is 11.4. The lowest BCUT2D eigenvalue weighted by Crippen LogP contribution is -2.47. The summed E-state index contributed by atoms with van der Waals surface area (Å²) in [7, 11) is 0. The number of amides is 1. The van der Waals surface area contributed by atoms with Crippen molar-refractivity contribution < 1.29 is 14.3 Å². The number of allylic oxidation sites excluding steroid dienone is 1. The van der Waals surface area contributed by atoms with E-state index >= 15 is 0 Å².